The molecule has 1 aliphatic rings. The van der Waals surface area contributed by atoms with Crippen LogP contribution in [-0.2, 0) is 4.79 Å². The van der Waals surface area contributed by atoms with Crippen LogP contribution in [0.5, 0.6) is 5.75 Å². The highest BCUT2D eigenvalue weighted by molar-refractivity contribution is 5.76. The Morgan fingerprint density at radius 3 is 2.67 bits per heavy atom. The van der Waals surface area contributed by atoms with Crippen molar-refractivity contribution in [1.29, 1.82) is 0 Å². The lowest BCUT2D eigenvalue weighted by Crippen LogP contribution is -2.53. The molecule has 21 heavy (non-hydrogen) atoms. The molecule has 2 rings (SSSR count). The van der Waals surface area contributed by atoms with Gasteiger partial charge >= 0.3 is 0 Å². The molecule has 116 valence electrons. The lowest BCUT2D eigenvalue weighted by atomic mass is 9.95. The molecule has 1 atom stereocenters. The second kappa shape index (κ2) is 6.89. The number of halogens is 1. The van der Waals surface area contributed by atoms with Crippen LogP contribution in [0.1, 0.15) is 32.6 Å². The van der Waals surface area contributed by atoms with E-state index in [1.54, 1.807) is 12.1 Å². The van der Waals surface area contributed by atoms with Gasteiger partial charge in [-0.25, -0.2) is 4.39 Å². The number of carbonyl (C=O) groups is 1. The number of hydrogen-bond donors (Lipinski definition) is 2. The van der Waals surface area contributed by atoms with Crippen LogP contribution in [0.25, 0.3) is 0 Å². The summed E-state index contributed by atoms with van der Waals surface area (Å²) in [6, 6.07) is 5.86. The normalized spacial score (nSPS) is 17.1. The molecule has 0 bridgehead atoms. The summed E-state index contributed by atoms with van der Waals surface area (Å²) in [5.74, 6) is 0.851. The molecule has 1 saturated carbocycles. The summed E-state index contributed by atoms with van der Waals surface area (Å²) in [4.78, 5) is 11.9. The van der Waals surface area contributed by atoms with Crippen molar-refractivity contribution in [3.05, 3.63) is 30.1 Å². The summed E-state index contributed by atoms with van der Waals surface area (Å²) >= 11 is 0. The zero-order valence-corrected chi connectivity index (χ0v) is 12.4. The summed E-state index contributed by atoms with van der Waals surface area (Å²) in [5, 5.41) is 3.04. The zero-order chi connectivity index (χ0) is 15.3. The molecular weight excluding hydrogens is 271 g/mol. The SMILES string of the molecule is CC(CN)(NC(=O)CCCOc1ccc(F)cc1)C1CC1. The molecule has 0 saturated heterocycles. The number of hydrogen-bond acceptors (Lipinski definition) is 3. The molecule has 0 aliphatic heterocycles. The molecule has 1 aromatic rings. The maximum atomic E-state index is 12.7. The quantitative estimate of drug-likeness (QED) is 0.723. The molecule has 3 N–H and O–H groups in total. The van der Waals surface area contributed by atoms with Gasteiger partial charge in [0.25, 0.3) is 0 Å². The highest BCUT2D eigenvalue weighted by atomic mass is 19.1. The monoisotopic (exact) mass is 294 g/mol. The van der Waals surface area contributed by atoms with Crippen LogP contribution in [0.2, 0.25) is 0 Å². The minimum Gasteiger partial charge on any atom is -0.494 e. The van der Waals surface area contributed by atoms with E-state index in [-0.39, 0.29) is 17.3 Å². The van der Waals surface area contributed by atoms with E-state index in [2.05, 4.69) is 5.32 Å². The van der Waals surface area contributed by atoms with Gasteiger partial charge in [-0.05, 0) is 56.4 Å². The summed E-state index contributed by atoms with van der Waals surface area (Å²) < 4.78 is 18.2. The van der Waals surface area contributed by atoms with Gasteiger partial charge in [-0.3, -0.25) is 4.79 Å². The number of amides is 1. The second-order valence-corrected chi connectivity index (χ2v) is 5.85. The molecule has 1 aromatic carbocycles. The minimum atomic E-state index is -0.289. The molecule has 0 aromatic heterocycles. The van der Waals surface area contributed by atoms with E-state index in [0.717, 1.165) is 12.8 Å². The Labute approximate surface area is 124 Å². The molecule has 1 amide bonds. The third-order valence-corrected chi connectivity index (χ3v) is 3.96. The van der Waals surface area contributed by atoms with Gasteiger partial charge in [-0.2, -0.15) is 0 Å². The maximum absolute atomic E-state index is 12.7. The highest BCUT2D eigenvalue weighted by Crippen LogP contribution is 2.38. The third-order valence-electron chi connectivity index (χ3n) is 3.96. The number of nitrogens with one attached hydrogen (secondary N) is 1. The molecular formula is C16H23FN2O2. The minimum absolute atomic E-state index is 0.0116. The largest absolute Gasteiger partial charge is 0.494 e. The van der Waals surface area contributed by atoms with Gasteiger partial charge in [0.1, 0.15) is 11.6 Å². The van der Waals surface area contributed by atoms with Gasteiger partial charge < -0.3 is 15.8 Å². The first-order chi connectivity index (χ1) is 10.0. The van der Waals surface area contributed by atoms with Gasteiger partial charge in [-0.15, -0.1) is 0 Å². The molecule has 5 heteroatoms. The van der Waals surface area contributed by atoms with Crippen molar-refractivity contribution >= 4 is 5.91 Å². The van der Waals surface area contributed by atoms with E-state index < -0.39 is 0 Å². The van der Waals surface area contributed by atoms with E-state index in [1.165, 1.54) is 12.1 Å². The third kappa shape index (κ3) is 4.70. The smallest absolute Gasteiger partial charge is 0.220 e. The Balaban J connectivity index is 1.66. The Morgan fingerprint density at radius 1 is 1.43 bits per heavy atom. The second-order valence-electron chi connectivity index (χ2n) is 5.85. The average molecular weight is 294 g/mol. The number of benzene rings is 1. The van der Waals surface area contributed by atoms with E-state index in [0.29, 0.717) is 37.7 Å². The standard InChI is InChI=1S/C16H23FN2O2/c1-16(11-18,12-4-5-12)19-15(20)3-2-10-21-14-8-6-13(17)7-9-14/h6-9,12H,2-5,10-11,18H2,1H3,(H,19,20). The Hall–Kier alpha value is -1.62. The van der Waals surface area contributed by atoms with Crippen LogP contribution in [-0.4, -0.2) is 24.6 Å². The fourth-order valence-corrected chi connectivity index (χ4v) is 2.37. The average Bonchev–Trinajstić information content (AvgIpc) is 3.30. The van der Waals surface area contributed by atoms with Crippen molar-refractivity contribution in [2.75, 3.05) is 13.2 Å². The van der Waals surface area contributed by atoms with Crippen LogP contribution in [0, 0.1) is 11.7 Å². The topological polar surface area (TPSA) is 64.3 Å². The molecule has 0 heterocycles. The Kier molecular flexibility index (Phi) is 5.17. The predicted octanol–water partition coefficient (Wildman–Crippen LogP) is 2.23. The van der Waals surface area contributed by atoms with Crippen LogP contribution in [0.3, 0.4) is 0 Å². The van der Waals surface area contributed by atoms with Crippen LogP contribution in [0.15, 0.2) is 24.3 Å². The summed E-state index contributed by atoms with van der Waals surface area (Å²) in [5.41, 5.74) is 5.50. The molecule has 1 aliphatic carbocycles. The first-order valence-corrected chi connectivity index (χ1v) is 7.43. The summed E-state index contributed by atoms with van der Waals surface area (Å²) in [6.07, 6.45) is 3.31. The predicted molar refractivity (Wildman–Crippen MR) is 79.5 cm³/mol. The van der Waals surface area contributed by atoms with Gasteiger partial charge in [0.2, 0.25) is 5.91 Å². The van der Waals surface area contributed by atoms with E-state index in [1.807, 2.05) is 6.92 Å². The van der Waals surface area contributed by atoms with Crippen LogP contribution < -0.4 is 15.8 Å². The number of ether oxygens (including phenoxy) is 1. The van der Waals surface area contributed by atoms with Gasteiger partial charge in [0.15, 0.2) is 0 Å². The van der Waals surface area contributed by atoms with Crippen molar-refractivity contribution < 1.29 is 13.9 Å². The van der Waals surface area contributed by atoms with Crippen molar-refractivity contribution in [1.82, 2.24) is 5.32 Å². The lowest BCUT2D eigenvalue weighted by Gasteiger charge is -2.29. The highest BCUT2D eigenvalue weighted by Gasteiger charge is 2.41. The lowest BCUT2D eigenvalue weighted by molar-refractivity contribution is -0.123. The van der Waals surface area contributed by atoms with Gasteiger partial charge in [0.05, 0.1) is 12.1 Å². The van der Waals surface area contributed by atoms with Gasteiger partial charge in [0, 0.05) is 13.0 Å². The molecule has 0 radical (unpaired) electrons. The van der Waals surface area contributed by atoms with Crippen molar-refractivity contribution in [3.8, 4) is 5.75 Å². The fourth-order valence-electron chi connectivity index (χ4n) is 2.37. The van der Waals surface area contributed by atoms with Crippen molar-refractivity contribution in [2.45, 2.75) is 38.1 Å². The summed E-state index contributed by atoms with van der Waals surface area (Å²) in [7, 11) is 0. The van der Waals surface area contributed by atoms with E-state index >= 15 is 0 Å². The van der Waals surface area contributed by atoms with Crippen molar-refractivity contribution in [2.24, 2.45) is 11.7 Å². The Morgan fingerprint density at radius 2 is 2.10 bits per heavy atom. The van der Waals surface area contributed by atoms with Crippen LogP contribution in [0.4, 0.5) is 4.39 Å². The van der Waals surface area contributed by atoms with Crippen molar-refractivity contribution in [3.63, 3.8) is 0 Å². The first kappa shape index (κ1) is 15.8. The molecule has 4 nitrogen and oxygen atoms in total. The molecule has 0 spiro atoms. The number of rotatable bonds is 8. The van der Waals surface area contributed by atoms with E-state index in [4.69, 9.17) is 10.5 Å². The van der Waals surface area contributed by atoms with Crippen LogP contribution >= 0.6 is 0 Å². The summed E-state index contributed by atoms with van der Waals surface area (Å²) in [6.45, 7) is 2.91. The Bertz CT molecular complexity index is 474. The zero-order valence-electron chi connectivity index (χ0n) is 12.4. The van der Waals surface area contributed by atoms with Gasteiger partial charge in [-0.1, -0.05) is 0 Å². The van der Waals surface area contributed by atoms with E-state index in [9.17, 15) is 9.18 Å². The maximum Gasteiger partial charge on any atom is 0.220 e. The molecule has 1 unspecified atom stereocenters. The first-order valence-electron chi connectivity index (χ1n) is 7.43. The molecule has 1 fully saturated rings. The fraction of sp³-hybridized carbons (Fsp3) is 0.562. The number of nitrogens with two attached hydrogens (primary N) is 1. The number of carbonyl (C=O) groups excluding carboxylic acids is 1.